The highest BCUT2D eigenvalue weighted by atomic mass is 19.1. The minimum Gasteiger partial charge on any atom is -0.356 e. The maximum atomic E-state index is 13.5. The number of carbonyl (C=O) groups excluding carboxylic acids is 3. The molecule has 1 aromatic carbocycles. The third-order valence-corrected chi connectivity index (χ3v) is 5.42. The van der Waals surface area contributed by atoms with Crippen molar-refractivity contribution in [2.24, 2.45) is 11.3 Å². The van der Waals surface area contributed by atoms with Crippen LogP contribution in [0, 0.1) is 28.5 Å². The average molecular weight is 442 g/mol. The highest BCUT2D eigenvalue weighted by Gasteiger charge is 2.31. The number of rotatable bonds is 7. The van der Waals surface area contributed by atoms with Crippen LogP contribution in [0.15, 0.2) is 24.3 Å². The van der Waals surface area contributed by atoms with Gasteiger partial charge in [-0.2, -0.15) is 5.26 Å². The van der Waals surface area contributed by atoms with Gasteiger partial charge in [0.2, 0.25) is 11.8 Å². The van der Waals surface area contributed by atoms with Gasteiger partial charge in [0.15, 0.2) is 0 Å². The lowest BCUT2D eigenvalue weighted by Gasteiger charge is -2.27. The van der Waals surface area contributed by atoms with Crippen molar-refractivity contribution < 1.29 is 18.8 Å². The maximum absolute atomic E-state index is 13.5. The monoisotopic (exact) mass is 441 g/mol. The van der Waals surface area contributed by atoms with Crippen LogP contribution in [0.4, 0.5) is 4.39 Å². The molecule has 0 spiro atoms. The number of nitrogens with one attached hydrogen (secondary N) is 4. The van der Waals surface area contributed by atoms with Crippen molar-refractivity contribution in [3.05, 3.63) is 35.8 Å². The van der Waals surface area contributed by atoms with Gasteiger partial charge in [0.1, 0.15) is 23.6 Å². The molecule has 3 atom stereocenters. The third-order valence-electron chi connectivity index (χ3n) is 5.42. The topological polar surface area (TPSA) is 127 Å². The van der Waals surface area contributed by atoms with Crippen LogP contribution in [0.1, 0.15) is 50.5 Å². The molecule has 3 amide bonds. The lowest BCUT2D eigenvalue weighted by atomic mass is 9.87. The van der Waals surface area contributed by atoms with Gasteiger partial charge in [0.05, 0.1) is 6.07 Å². The number of aromatic nitrogens is 1. The fourth-order valence-corrected chi connectivity index (χ4v) is 3.85. The lowest BCUT2D eigenvalue weighted by molar-refractivity contribution is -0.125. The lowest BCUT2D eigenvalue weighted by Crippen LogP contribution is -2.51. The number of nitrogens with zero attached hydrogens (tertiary/aromatic N) is 1. The minimum absolute atomic E-state index is 0.116. The summed E-state index contributed by atoms with van der Waals surface area (Å²) in [6.07, 6.45) is 1.18. The molecule has 1 aliphatic rings. The summed E-state index contributed by atoms with van der Waals surface area (Å²) in [5.74, 6) is -1.83. The molecule has 1 saturated heterocycles. The van der Waals surface area contributed by atoms with Gasteiger partial charge in [0, 0.05) is 23.4 Å². The molecule has 9 heteroatoms. The van der Waals surface area contributed by atoms with Gasteiger partial charge >= 0.3 is 0 Å². The van der Waals surface area contributed by atoms with Gasteiger partial charge in [-0.1, -0.05) is 20.8 Å². The molecule has 0 bridgehead atoms. The quantitative estimate of drug-likeness (QED) is 0.526. The molecule has 1 fully saturated rings. The van der Waals surface area contributed by atoms with Crippen LogP contribution in [0.2, 0.25) is 0 Å². The summed E-state index contributed by atoms with van der Waals surface area (Å²) in [6.45, 7) is 6.38. The molecule has 0 saturated carbocycles. The molecular weight excluding hydrogens is 413 g/mol. The third kappa shape index (κ3) is 5.84. The van der Waals surface area contributed by atoms with Crippen molar-refractivity contribution in [1.82, 2.24) is 20.9 Å². The van der Waals surface area contributed by atoms with E-state index in [1.807, 2.05) is 26.8 Å². The summed E-state index contributed by atoms with van der Waals surface area (Å²) < 4.78 is 13.5. The second-order valence-corrected chi connectivity index (χ2v) is 9.41. The Labute approximate surface area is 185 Å². The van der Waals surface area contributed by atoms with Crippen molar-refractivity contribution in [1.29, 1.82) is 5.26 Å². The Balaban J connectivity index is 1.72. The summed E-state index contributed by atoms with van der Waals surface area (Å²) in [4.78, 5) is 40.6. The summed E-state index contributed by atoms with van der Waals surface area (Å²) in [5.41, 5.74) is 0.524. The highest BCUT2D eigenvalue weighted by molar-refractivity contribution is 6.00. The predicted molar refractivity (Wildman–Crippen MR) is 117 cm³/mol. The van der Waals surface area contributed by atoms with Crippen LogP contribution < -0.4 is 16.0 Å². The Morgan fingerprint density at radius 2 is 2.03 bits per heavy atom. The fraction of sp³-hybridized carbons (Fsp3) is 0.478. The highest BCUT2D eigenvalue weighted by Crippen LogP contribution is 2.23. The van der Waals surface area contributed by atoms with E-state index in [0.29, 0.717) is 30.3 Å². The van der Waals surface area contributed by atoms with Crippen molar-refractivity contribution in [3.8, 4) is 6.07 Å². The van der Waals surface area contributed by atoms with E-state index in [2.05, 4.69) is 20.9 Å². The zero-order chi connectivity index (χ0) is 23.5. The van der Waals surface area contributed by atoms with Crippen LogP contribution in [0.5, 0.6) is 0 Å². The number of carbonyl (C=O) groups is 3. The number of aromatic amines is 1. The van der Waals surface area contributed by atoms with Gasteiger partial charge in [-0.25, -0.2) is 4.39 Å². The van der Waals surface area contributed by atoms with Crippen LogP contribution in [0.3, 0.4) is 0 Å². The Hall–Kier alpha value is -3.41. The summed E-state index contributed by atoms with van der Waals surface area (Å²) in [7, 11) is 0. The molecule has 2 heterocycles. The smallest absolute Gasteiger partial charge is 0.268 e. The number of benzene rings is 1. The molecule has 8 nitrogen and oxygen atoms in total. The van der Waals surface area contributed by atoms with E-state index in [9.17, 15) is 24.0 Å². The first-order valence-electron chi connectivity index (χ1n) is 10.6. The molecule has 0 unspecified atom stereocenters. The number of hydrogen-bond acceptors (Lipinski definition) is 4. The molecule has 4 N–H and O–H groups in total. The SMILES string of the molecule is CC(C)(C)C[C@H](NC(=O)c1cc2cc(F)ccc2[nH]1)C(=O)N[C@H](C#N)C[C@@H]1CCNC1=O. The van der Waals surface area contributed by atoms with E-state index in [1.54, 1.807) is 0 Å². The van der Waals surface area contributed by atoms with Crippen molar-refractivity contribution in [2.45, 2.75) is 52.1 Å². The van der Waals surface area contributed by atoms with Crippen LogP contribution in [-0.2, 0) is 9.59 Å². The van der Waals surface area contributed by atoms with Crippen LogP contribution >= 0.6 is 0 Å². The van der Waals surface area contributed by atoms with E-state index in [-0.39, 0.29) is 29.4 Å². The predicted octanol–water partition coefficient (Wildman–Crippen LogP) is 2.38. The van der Waals surface area contributed by atoms with Gasteiger partial charge in [-0.3, -0.25) is 14.4 Å². The van der Waals surface area contributed by atoms with E-state index in [1.165, 1.54) is 24.3 Å². The number of hydrogen-bond donors (Lipinski definition) is 4. The van der Waals surface area contributed by atoms with Gasteiger partial charge in [-0.15, -0.1) is 0 Å². The first kappa shape index (κ1) is 23.3. The summed E-state index contributed by atoms with van der Waals surface area (Å²) >= 11 is 0. The van der Waals surface area contributed by atoms with Crippen molar-refractivity contribution >= 4 is 28.6 Å². The molecule has 1 aromatic heterocycles. The Morgan fingerprint density at radius 1 is 1.28 bits per heavy atom. The number of H-pyrrole nitrogens is 1. The molecule has 0 radical (unpaired) electrons. The van der Waals surface area contributed by atoms with E-state index >= 15 is 0 Å². The zero-order valence-corrected chi connectivity index (χ0v) is 18.4. The summed E-state index contributed by atoms with van der Waals surface area (Å²) in [5, 5.41) is 18.2. The summed E-state index contributed by atoms with van der Waals surface area (Å²) in [6, 6.07) is 5.99. The molecule has 1 aliphatic heterocycles. The maximum Gasteiger partial charge on any atom is 0.268 e. The molecule has 170 valence electrons. The Bertz CT molecular complexity index is 1070. The fourth-order valence-electron chi connectivity index (χ4n) is 3.85. The van der Waals surface area contributed by atoms with Crippen LogP contribution in [0.25, 0.3) is 10.9 Å². The first-order chi connectivity index (χ1) is 15.1. The molecule has 3 rings (SSSR count). The molecule has 0 aliphatic carbocycles. The van der Waals surface area contributed by atoms with Gasteiger partial charge in [0.25, 0.3) is 5.91 Å². The average Bonchev–Trinajstić information content (AvgIpc) is 3.31. The first-order valence-corrected chi connectivity index (χ1v) is 10.6. The van der Waals surface area contributed by atoms with Gasteiger partial charge < -0.3 is 20.9 Å². The number of nitriles is 1. The van der Waals surface area contributed by atoms with Crippen molar-refractivity contribution in [3.63, 3.8) is 0 Å². The molecule has 2 aromatic rings. The largest absolute Gasteiger partial charge is 0.356 e. The zero-order valence-electron chi connectivity index (χ0n) is 18.4. The van der Waals surface area contributed by atoms with E-state index < -0.39 is 29.7 Å². The van der Waals surface area contributed by atoms with E-state index in [0.717, 1.165) is 0 Å². The second kappa shape index (κ2) is 9.39. The normalized spacial score (nSPS) is 18.0. The molecule has 32 heavy (non-hydrogen) atoms. The Morgan fingerprint density at radius 3 is 2.66 bits per heavy atom. The van der Waals surface area contributed by atoms with E-state index in [4.69, 9.17) is 0 Å². The standard InChI is InChI=1S/C23H28FN5O3/c1-23(2,3)11-19(22(32)27-16(12-25)9-13-6-7-26-20(13)30)29-21(31)18-10-14-8-15(24)4-5-17(14)28-18/h4-5,8,10,13,16,19,28H,6-7,9,11H2,1-3H3,(H,26,30)(H,27,32)(H,29,31)/t13-,16-,19-/m0/s1. The van der Waals surface area contributed by atoms with Crippen LogP contribution in [-0.4, -0.2) is 41.3 Å². The number of halogens is 1. The van der Waals surface area contributed by atoms with Crippen molar-refractivity contribution in [2.75, 3.05) is 6.54 Å². The second-order valence-electron chi connectivity index (χ2n) is 9.41. The molecular formula is C23H28FN5O3. The Kier molecular flexibility index (Phi) is 6.82. The van der Waals surface area contributed by atoms with Gasteiger partial charge in [-0.05, 0) is 48.9 Å². The number of amides is 3. The number of fused-ring (bicyclic) bond motifs is 1. The minimum atomic E-state index is -0.890.